The first-order chi connectivity index (χ1) is 10.7. The molecule has 1 N–H and O–H groups in total. The monoisotopic (exact) mass is 341 g/mol. The van der Waals surface area contributed by atoms with Crippen LogP contribution in [0.25, 0.3) is 0 Å². The summed E-state index contributed by atoms with van der Waals surface area (Å²) in [7, 11) is 0. The summed E-state index contributed by atoms with van der Waals surface area (Å²) >= 11 is 6.13. The van der Waals surface area contributed by atoms with E-state index >= 15 is 0 Å². The maximum atomic E-state index is 10.8. The van der Waals surface area contributed by atoms with Gasteiger partial charge in [0, 0.05) is 37.3 Å². The van der Waals surface area contributed by atoms with Crippen molar-refractivity contribution >= 4 is 23.0 Å². The largest absolute Gasteiger partial charge is 0.382 e. The number of ether oxygens (including phenoxy) is 1. The molecule has 1 aromatic carbocycles. The molecule has 0 aromatic heterocycles. The first-order valence-electron chi connectivity index (χ1n) is 7.77. The van der Waals surface area contributed by atoms with Crippen LogP contribution in [0.5, 0.6) is 0 Å². The number of nitrogens with one attached hydrogen (secondary N) is 1. The number of benzene rings is 1. The molecular weight excluding hydrogens is 318 g/mol. The number of morpholine rings is 1. The van der Waals surface area contributed by atoms with Crippen LogP contribution in [0.3, 0.4) is 0 Å². The van der Waals surface area contributed by atoms with E-state index in [2.05, 4.69) is 37.9 Å². The Kier molecular flexibility index (Phi) is 5.49. The number of halogens is 1. The lowest BCUT2D eigenvalue weighted by molar-refractivity contribution is -0.384. The highest BCUT2D eigenvalue weighted by atomic mass is 35.5. The fourth-order valence-corrected chi connectivity index (χ4v) is 3.10. The summed E-state index contributed by atoms with van der Waals surface area (Å²) in [5.41, 5.74) is 0.618. The van der Waals surface area contributed by atoms with Crippen LogP contribution in [-0.2, 0) is 4.74 Å². The Balaban J connectivity index is 2.02. The Bertz CT molecular complexity index is 570. The van der Waals surface area contributed by atoms with Crippen LogP contribution >= 0.6 is 11.6 Å². The molecule has 1 fully saturated rings. The number of non-ortho nitro benzene ring substituents is 1. The molecule has 0 spiro atoms. The Morgan fingerprint density at radius 1 is 1.39 bits per heavy atom. The van der Waals surface area contributed by atoms with Gasteiger partial charge in [0.1, 0.15) is 0 Å². The van der Waals surface area contributed by atoms with Crippen LogP contribution in [0.1, 0.15) is 27.7 Å². The zero-order chi connectivity index (χ0) is 17.2. The minimum absolute atomic E-state index is 0.00404. The third-order valence-electron chi connectivity index (χ3n) is 4.15. The predicted molar refractivity (Wildman–Crippen MR) is 92.3 cm³/mol. The van der Waals surface area contributed by atoms with Crippen molar-refractivity contribution in [2.75, 3.05) is 25.0 Å². The molecule has 0 aliphatic carbocycles. The summed E-state index contributed by atoms with van der Waals surface area (Å²) in [5.74, 6) is 0. The van der Waals surface area contributed by atoms with Gasteiger partial charge in [-0.1, -0.05) is 11.6 Å². The smallest absolute Gasteiger partial charge is 0.271 e. The van der Waals surface area contributed by atoms with Gasteiger partial charge in [-0.2, -0.15) is 0 Å². The van der Waals surface area contributed by atoms with Crippen molar-refractivity contribution in [2.45, 2.75) is 45.4 Å². The number of nitro benzene ring substituents is 1. The second kappa shape index (κ2) is 7.03. The van der Waals surface area contributed by atoms with Crippen LogP contribution < -0.4 is 5.32 Å². The quantitative estimate of drug-likeness (QED) is 0.655. The highest BCUT2D eigenvalue weighted by molar-refractivity contribution is 6.33. The Hall–Kier alpha value is -1.37. The van der Waals surface area contributed by atoms with E-state index in [0.29, 0.717) is 17.3 Å². The summed E-state index contributed by atoms with van der Waals surface area (Å²) in [5, 5.41) is 14.4. The van der Waals surface area contributed by atoms with E-state index in [0.717, 1.165) is 13.1 Å². The predicted octanol–water partition coefficient (Wildman–Crippen LogP) is 3.55. The topological polar surface area (TPSA) is 67.6 Å². The van der Waals surface area contributed by atoms with Crippen molar-refractivity contribution in [3.63, 3.8) is 0 Å². The molecule has 1 saturated heterocycles. The van der Waals surface area contributed by atoms with E-state index in [-0.39, 0.29) is 23.4 Å². The molecule has 128 valence electrons. The average molecular weight is 342 g/mol. The summed E-state index contributed by atoms with van der Waals surface area (Å²) in [6.07, 6.45) is 0.418. The fourth-order valence-electron chi connectivity index (χ4n) is 2.86. The first-order valence-corrected chi connectivity index (χ1v) is 8.15. The van der Waals surface area contributed by atoms with Crippen molar-refractivity contribution < 1.29 is 9.66 Å². The molecule has 1 heterocycles. The van der Waals surface area contributed by atoms with Crippen LogP contribution in [0.2, 0.25) is 5.02 Å². The standard InChI is InChI=1S/C16H24ClN3O3/c1-11-8-19(9-12(2)23-11)16(3,4)10-18-15-6-5-13(20(21)22)7-14(15)17/h5-7,11-12,18H,8-10H2,1-4H3/t11-,12-/m1/s1. The molecule has 2 rings (SSSR count). The lowest BCUT2D eigenvalue weighted by Gasteiger charge is -2.45. The highest BCUT2D eigenvalue weighted by Crippen LogP contribution is 2.28. The summed E-state index contributed by atoms with van der Waals surface area (Å²) in [4.78, 5) is 12.7. The van der Waals surface area contributed by atoms with Crippen LogP contribution in [0, 0.1) is 10.1 Å². The van der Waals surface area contributed by atoms with Gasteiger partial charge in [-0.05, 0) is 33.8 Å². The molecular formula is C16H24ClN3O3. The second-order valence-corrected chi connectivity index (χ2v) is 7.16. The van der Waals surface area contributed by atoms with Crippen LogP contribution in [-0.4, -0.2) is 47.2 Å². The number of nitrogens with zero attached hydrogens (tertiary/aromatic N) is 2. The summed E-state index contributed by atoms with van der Waals surface area (Å²) in [6.45, 7) is 11.0. The highest BCUT2D eigenvalue weighted by Gasteiger charge is 2.33. The number of nitro groups is 1. The number of hydrogen-bond acceptors (Lipinski definition) is 5. The van der Waals surface area contributed by atoms with Crippen molar-refractivity contribution in [3.05, 3.63) is 33.3 Å². The van der Waals surface area contributed by atoms with E-state index in [1.807, 2.05) is 0 Å². The second-order valence-electron chi connectivity index (χ2n) is 6.75. The minimum atomic E-state index is -0.448. The van der Waals surface area contributed by atoms with Gasteiger partial charge in [0.2, 0.25) is 0 Å². The fraction of sp³-hybridized carbons (Fsp3) is 0.625. The Morgan fingerprint density at radius 3 is 2.52 bits per heavy atom. The molecule has 1 aliphatic rings. The number of anilines is 1. The number of hydrogen-bond donors (Lipinski definition) is 1. The van der Waals surface area contributed by atoms with Crippen molar-refractivity contribution in [3.8, 4) is 0 Å². The molecule has 6 nitrogen and oxygen atoms in total. The Morgan fingerprint density at radius 2 is 2.00 bits per heavy atom. The summed E-state index contributed by atoms with van der Waals surface area (Å²) < 4.78 is 5.78. The first kappa shape index (κ1) is 18.0. The van der Waals surface area contributed by atoms with Gasteiger partial charge in [-0.25, -0.2) is 0 Å². The zero-order valence-corrected chi connectivity index (χ0v) is 14.8. The Labute approximate surface area is 141 Å². The lowest BCUT2D eigenvalue weighted by atomic mass is 10.00. The van der Waals surface area contributed by atoms with Gasteiger partial charge in [0.15, 0.2) is 0 Å². The average Bonchev–Trinajstić information content (AvgIpc) is 2.44. The van der Waals surface area contributed by atoms with Gasteiger partial charge in [0.25, 0.3) is 5.69 Å². The van der Waals surface area contributed by atoms with Gasteiger partial charge < -0.3 is 10.1 Å². The molecule has 0 unspecified atom stereocenters. The molecule has 0 bridgehead atoms. The lowest BCUT2D eigenvalue weighted by Crippen LogP contribution is -2.57. The molecule has 0 radical (unpaired) electrons. The molecule has 0 saturated carbocycles. The zero-order valence-electron chi connectivity index (χ0n) is 14.0. The van der Waals surface area contributed by atoms with Gasteiger partial charge in [-0.15, -0.1) is 0 Å². The van der Waals surface area contributed by atoms with E-state index in [1.165, 1.54) is 12.1 Å². The van der Waals surface area contributed by atoms with Crippen molar-refractivity contribution in [1.29, 1.82) is 0 Å². The third-order valence-corrected chi connectivity index (χ3v) is 4.46. The summed E-state index contributed by atoms with van der Waals surface area (Å²) in [6, 6.07) is 4.48. The third kappa shape index (κ3) is 4.56. The van der Waals surface area contributed by atoms with E-state index < -0.39 is 4.92 Å². The maximum Gasteiger partial charge on any atom is 0.271 e. The van der Waals surface area contributed by atoms with Gasteiger partial charge in [-0.3, -0.25) is 15.0 Å². The number of rotatable bonds is 5. The molecule has 1 aliphatic heterocycles. The van der Waals surface area contributed by atoms with Crippen LogP contribution in [0.15, 0.2) is 18.2 Å². The van der Waals surface area contributed by atoms with E-state index in [4.69, 9.17) is 16.3 Å². The van der Waals surface area contributed by atoms with Crippen molar-refractivity contribution in [1.82, 2.24) is 4.90 Å². The molecule has 7 heteroatoms. The van der Waals surface area contributed by atoms with Crippen LogP contribution in [0.4, 0.5) is 11.4 Å². The molecule has 23 heavy (non-hydrogen) atoms. The van der Waals surface area contributed by atoms with E-state index in [9.17, 15) is 10.1 Å². The molecule has 1 aromatic rings. The SMILES string of the molecule is C[C@@H]1CN(C(C)(C)CNc2ccc([N+](=O)[O-])cc2Cl)C[C@@H](C)O1. The molecule has 0 amide bonds. The minimum Gasteiger partial charge on any atom is -0.382 e. The van der Waals surface area contributed by atoms with E-state index in [1.54, 1.807) is 6.07 Å². The van der Waals surface area contributed by atoms with Crippen molar-refractivity contribution in [2.24, 2.45) is 0 Å². The van der Waals surface area contributed by atoms with Gasteiger partial charge in [0.05, 0.1) is 27.8 Å². The molecule has 2 atom stereocenters. The van der Waals surface area contributed by atoms with Gasteiger partial charge >= 0.3 is 0 Å². The normalized spacial score (nSPS) is 22.8. The maximum absolute atomic E-state index is 10.8.